The van der Waals surface area contributed by atoms with E-state index in [-0.39, 0.29) is 5.41 Å². The summed E-state index contributed by atoms with van der Waals surface area (Å²) in [6.07, 6.45) is 0. The van der Waals surface area contributed by atoms with E-state index in [9.17, 15) is 0 Å². The van der Waals surface area contributed by atoms with Gasteiger partial charge in [0.2, 0.25) is 0 Å². The molecule has 1 aliphatic heterocycles. The van der Waals surface area contributed by atoms with E-state index in [4.69, 9.17) is 4.74 Å². The topological polar surface area (TPSA) is 9.23 Å². The molecule has 134 valence electrons. The number of benzene rings is 4. The molecule has 1 aliphatic carbocycles. The minimum absolute atomic E-state index is 0.339. The number of hydrogen-bond donors (Lipinski definition) is 0. The summed E-state index contributed by atoms with van der Waals surface area (Å²) in [7, 11) is 0. The zero-order chi connectivity index (χ0) is 18.9. The second-order valence-electron chi connectivity index (χ2n) is 7.94. The number of hydrogen-bond acceptors (Lipinski definition) is 1. The molecule has 0 amide bonds. The van der Waals surface area contributed by atoms with Crippen molar-refractivity contribution in [2.45, 2.75) is 19.3 Å². The molecule has 0 N–H and O–H groups in total. The molecular weight excluding hydrogens is 340 g/mol. The molecule has 2 aliphatic rings. The lowest BCUT2D eigenvalue weighted by Gasteiger charge is -2.39. The van der Waals surface area contributed by atoms with Crippen LogP contribution < -0.4 is 4.74 Å². The second kappa shape index (κ2) is 5.36. The summed E-state index contributed by atoms with van der Waals surface area (Å²) in [5.74, 6) is 1.90. The van der Waals surface area contributed by atoms with Crippen molar-refractivity contribution in [2.24, 2.45) is 0 Å². The first-order valence-corrected chi connectivity index (χ1v) is 9.79. The SMILES string of the molecule is Cc1ccc2c(c1)C1(c3ccccc3O2)c2ccccc2-c2ccc(C)cc21. The monoisotopic (exact) mass is 360 g/mol. The molecular formula is C27H20O. The van der Waals surface area contributed by atoms with Crippen molar-refractivity contribution in [1.29, 1.82) is 0 Å². The van der Waals surface area contributed by atoms with Crippen LogP contribution >= 0.6 is 0 Å². The minimum Gasteiger partial charge on any atom is -0.457 e. The number of ether oxygens (including phenoxy) is 1. The van der Waals surface area contributed by atoms with Crippen LogP contribution in [0, 0.1) is 13.8 Å². The van der Waals surface area contributed by atoms with Crippen molar-refractivity contribution in [1.82, 2.24) is 0 Å². The average Bonchev–Trinajstić information content (AvgIpc) is 3.00. The van der Waals surface area contributed by atoms with Gasteiger partial charge in [0.1, 0.15) is 11.5 Å². The Bertz CT molecular complexity index is 1270. The van der Waals surface area contributed by atoms with Crippen LogP contribution in [0.3, 0.4) is 0 Å². The summed E-state index contributed by atoms with van der Waals surface area (Å²) < 4.78 is 6.38. The molecule has 1 atom stereocenters. The largest absolute Gasteiger partial charge is 0.457 e. The van der Waals surface area contributed by atoms with Crippen LogP contribution in [0.2, 0.25) is 0 Å². The molecule has 1 unspecified atom stereocenters. The van der Waals surface area contributed by atoms with Crippen LogP contribution in [0.4, 0.5) is 0 Å². The smallest absolute Gasteiger partial charge is 0.132 e. The molecule has 6 rings (SSSR count). The maximum Gasteiger partial charge on any atom is 0.132 e. The van der Waals surface area contributed by atoms with Crippen molar-refractivity contribution >= 4 is 0 Å². The summed E-state index contributed by atoms with van der Waals surface area (Å²) in [4.78, 5) is 0. The van der Waals surface area contributed by atoms with Gasteiger partial charge in [0, 0.05) is 11.1 Å². The van der Waals surface area contributed by atoms with E-state index in [1.54, 1.807) is 0 Å². The standard InChI is InChI=1S/C27H20O/c1-17-11-13-20-19-7-3-4-8-21(19)27(23(20)15-17)22-9-5-6-10-25(22)28-26-14-12-18(2)16-24(26)27/h3-16H,1-2H3. The van der Waals surface area contributed by atoms with E-state index < -0.39 is 0 Å². The molecule has 0 saturated heterocycles. The van der Waals surface area contributed by atoms with Crippen LogP contribution in [-0.2, 0) is 5.41 Å². The van der Waals surface area contributed by atoms with Gasteiger partial charge in [0.15, 0.2) is 0 Å². The highest BCUT2D eigenvalue weighted by molar-refractivity contribution is 5.88. The van der Waals surface area contributed by atoms with E-state index in [2.05, 4.69) is 98.8 Å². The second-order valence-corrected chi connectivity index (χ2v) is 7.94. The fourth-order valence-electron chi connectivity index (χ4n) is 5.13. The van der Waals surface area contributed by atoms with Gasteiger partial charge >= 0.3 is 0 Å². The van der Waals surface area contributed by atoms with Gasteiger partial charge in [0.25, 0.3) is 0 Å². The maximum atomic E-state index is 6.38. The summed E-state index contributed by atoms with van der Waals surface area (Å²) in [5.41, 5.74) is 10.0. The average molecular weight is 360 g/mol. The summed E-state index contributed by atoms with van der Waals surface area (Å²) in [6.45, 7) is 4.34. The minimum atomic E-state index is -0.339. The molecule has 4 aromatic rings. The van der Waals surface area contributed by atoms with Crippen LogP contribution in [0.1, 0.15) is 33.4 Å². The van der Waals surface area contributed by atoms with E-state index in [1.807, 2.05) is 0 Å². The quantitative estimate of drug-likeness (QED) is 0.290. The molecule has 1 heteroatoms. The highest BCUT2D eigenvalue weighted by Gasteiger charge is 2.50. The molecule has 28 heavy (non-hydrogen) atoms. The predicted octanol–water partition coefficient (Wildman–Crippen LogP) is 6.77. The van der Waals surface area contributed by atoms with Gasteiger partial charge in [-0.05, 0) is 48.2 Å². The number of aryl methyl sites for hydroxylation is 2. The van der Waals surface area contributed by atoms with Crippen LogP contribution in [-0.4, -0.2) is 0 Å². The van der Waals surface area contributed by atoms with Crippen molar-refractivity contribution < 1.29 is 4.74 Å². The Morgan fingerprint density at radius 3 is 2.00 bits per heavy atom. The highest BCUT2D eigenvalue weighted by atomic mass is 16.5. The third-order valence-corrected chi connectivity index (χ3v) is 6.25. The van der Waals surface area contributed by atoms with Gasteiger partial charge in [-0.1, -0.05) is 83.9 Å². The zero-order valence-electron chi connectivity index (χ0n) is 16.0. The fraction of sp³-hybridized carbons (Fsp3) is 0.111. The fourth-order valence-corrected chi connectivity index (χ4v) is 5.13. The Labute approximate surface area is 165 Å². The summed E-state index contributed by atoms with van der Waals surface area (Å²) in [5, 5.41) is 0. The summed E-state index contributed by atoms with van der Waals surface area (Å²) in [6, 6.07) is 30.8. The molecule has 0 aromatic heterocycles. The third-order valence-electron chi connectivity index (χ3n) is 6.25. The number of rotatable bonds is 0. The molecule has 1 spiro atoms. The third kappa shape index (κ3) is 1.81. The van der Waals surface area contributed by atoms with Gasteiger partial charge in [-0.15, -0.1) is 0 Å². The van der Waals surface area contributed by atoms with Gasteiger partial charge in [0.05, 0.1) is 5.41 Å². The Balaban J connectivity index is 1.87. The van der Waals surface area contributed by atoms with E-state index in [0.29, 0.717) is 0 Å². The van der Waals surface area contributed by atoms with E-state index in [0.717, 1.165) is 11.5 Å². The Kier molecular flexibility index (Phi) is 3.01. The Hall–Kier alpha value is -3.32. The Morgan fingerprint density at radius 1 is 0.536 bits per heavy atom. The van der Waals surface area contributed by atoms with Crippen molar-refractivity contribution in [3.05, 3.63) is 118 Å². The first kappa shape index (κ1) is 15.7. The molecule has 1 heterocycles. The van der Waals surface area contributed by atoms with Crippen LogP contribution in [0.15, 0.2) is 84.9 Å². The van der Waals surface area contributed by atoms with Gasteiger partial charge < -0.3 is 4.74 Å². The normalized spacial score (nSPS) is 18.1. The van der Waals surface area contributed by atoms with Crippen molar-refractivity contribution in [2.75, 3.05) is 0 Å². The predicted molar refractivity (Wildman–Crippen MR) is 113 cm³/mol. The Morgan fingerprint density at radius 2 is 1.14 bits per heavy atom. The number of fused-ring (bicyclic) bond motifs is 9. The maximum absolute atomic E-state index is 6.38. The van der Waals surface area contributed by atoms with Crippen LogP contribution in [0.5, 0.6) is 11.5 Å². The van der Waals surface area contributed by atoms with E-state index >= 15 is 0 Å². The number of para-hydroxylation sites is 1. The molecule has 0 saturated carbocycles. The molecule has 1 nitrogen and oxygen atoms in total. The van der Waals surface area contributed by atoms with Gasteiger partial charge in [-0.25, -0.2) is 0 Å². The lowest BCUT2D eigenvalue weighted by Crippen LogP contribution is -2.32. The van der Waals surface area contributed by atoms with Gasteiger partial charge in [-0.2, -0.15) is 0 Å². The van der Waals surface area contributed by atoms with Crippen molar-refractivity contribution in [3.63, 3.8) is 0 Å². The van der Waals surface area contributed by atoms with E-state index in [1.165, 1.54) is 44.5 Å². The lowest BCUT2D eigenvalue weighted by atomic mass is 9.66. The first-order valence-electron chi connectivity index (χ1n) is 9.79. The van der Waals surface area contributed by atoms with Crippen LogP contribution in [0.25, 0.3) is 11.1 Å². The van der Waals surface area contributed by atoms with Gasteiger partial charge in [-0.3, -0.25) is 0 Å². The molecule has 0 fully saturated rings. The molecule has 0 radical (unpaired) electrons. The van der Waals surface area contributed by atoms with Crippen molar-refractivity contribution in [3.8, 4) is 22.6 Å². The summed E-state index contributed by atoms with van der Waals surface area (Å²) >= 11 is 0. The highest BCUT2D eigenvalue weighted by Crippen LogP contribution is 2.62. The zero-order valence-corrected chi connectivity index (χ0v) is 16.0. The molecule has 0 bridgehead atoms. The molecule has 4 aromatic carbocycles. The lowest BCUT2D eigenvalue weighted by molar-refractivity contribution is 0.436. The first-order chi connectivity index (χ1) is 13.7.